The van der Waals surface area contributed by atoms with Gasteiger partial charge in [0.1, 0.15) is 24.8 Å². The number of rotatable bonds is 5. The van der Waals surface area contributed by atoms with Gasteiger partial charge >= 0.3 is 6.03 Å². The molecule has 0 spiro atoms. The molecule has 0 radical (unpaired) electrons. The molecule has 2 N–H and O–H groups in total. The molecule has 5 aromatic rings. The highest BCUT2D eigenvalue weighted by atomic mass is 19.1. The van der Waals surface area contributed by atoms with Gasteiger partial charge in [0.15, 0.2) is 34.9 Å². The molecule has 2 amide bonds. The second-order valence-corrected chi connectivity index (χ2v) is 11.3. The molecule has 49 heavy (non-hydrogen) atoms. The number of ether oxygens (including phenoxy) is 2. The summed E-state index contributed by atoms with van der Waals surface area (Å²) in [6, 6.07) is 15.3. The smallest absolute Gasteiger partial charge is 0.327 e. The molecule has 7 rings (SSSR count). The Bertz CT molecular complexity index is 1960. The molecule has 2 aliphatic heterocycles. The maximum atomic E-state index is 13.7. The van der Waals surface area contributed by atoms with Crippen LogP contribution >= 0.6 is 0 Å². The number of urea groups is 1. The maximum Gasteiger partial charge on any atom is 0.327 e. The molecule has 15 heteroatoms. The first kappa shape index (κ1) is 32.8. The first-order chi connectivity index (χ1) is 23.7. The first-order valence-corrected chi connectivity index (χ1v) is 15.4. The van der Waals surface area contributed by atoms with Gasteiger partial charge in [0.25, 0.3) is 0 Å². The predicted octanol–water partition coefficient (Wildman–Crippen LogP) is 5.33. The van der Waals surface area contributed by atoms with Gasteiger partial charge in [-0.15, -0.1) is 0 Å². The van der Waals surface area contributed by atoms with E-state index in [9.17, 15) is 13.6 Å². The average Bonchev–Trinajstić information content (AvgIpc) is 3.11. The van der Waals surface area contributed by atoms with Crippen LogP contribution in [0.15, 0.2) is 73.1 Å². The van der Waals surface area contributed by atoms with E-state index >= 15 is 0 Å². The molecule has 0 saturated heterocycles. The molecule has 2 aromatic carbocycles. The van der Waals surface area contributed by atoms with Crippen LogP contribution in [0.1, 0.15) is 0 Å². The Labute approximate surface area is 281 Å². The molecule has 0 saturated carbocycles. The number of fused-ring (bicyclic) bond motifs is 2. The van der Waals surface area contributed by atoms with Gasteiger partial charge in [-0.1, -0.05) is 24.3 Å². The second-order valence-electron chi connectivity index (χ2n) is 11.3. The summed E-state index contributed by atoms with van der Waals surface area (Å²) in [5, 5.41) is 6.01. The Hall–Kier alpha value is -6.12. The van der Waals surface area contributed by atoms with Crippen LogP contribution in [0.5, 0.6) is 11.5 Å². The Balaban J connectivity index is 0.000000182. The van der Waals surface area contributed by atoms with Crippen molar-refractivity contribution >= 4 is 35.0 Å². The molecule has 0 atom stereocenters. The number of amides is 2. The summed E-state index contributed by atoms with van der Waals surface area (Å²) >= 11 is 0. The molecule has 0 aliphatic carbocycles. The maximum absolute atomic E-state index is 13.7. The molecule has 2 aliphatic rings. The van der Waals surface area contributed by atoms with Gasteiger partial charge < -0.3 is 29.9 Å². The lowest BCUT2D eigenvalue weighted by molar-refractivity contribution is 0.249. The van der Waals surface area contributed by atoms with Crippen molar-refractivity contribution in [3.8, 4) is 34.3 Å². The first-order valence-electron chi connectivity index (χ1n) is 15.4. The van der Waals surface area contributed by atoms with E-state index in [0.29, 0.717) is 89.5 Å². The SMILES string of the molecule is CN(C)c1nc(-c2cccc(F)c2)nc2c1OCCN2.CN(C)c1nc(-c2cccc(F)c2)nc2c1OCCN2C(=O)Nc1ccncc1. The molecule has 0 unspecified atom stereocenters. The number of pyridine rings is 1. The lowest BCUT2D eigenvalue weighted by atomic mass is 10.2. The Morgan fingerprint density at radius 3 is 2.00 bits per heavy atom. The van der Waals surface area contributed by atoms with Crippen molar-refractivity contribution in [1.29, 1.82) is 0 Å². The molecular formula is C34H34F2N10O3. The van der Waals surface area contributed by atoms with Crippen LogP contribution in [0.3, 0.4) is 0 Å². The highest BCUT2D eigenvalue weighted by Crippen LogP contribution is 2.39. The van der Waals surface area contributed by atoms with Gasteiger partial charge in [-0.05, 0) is 36.4 Å². The predicted molar refractivity (Wildman–Crippen MR) is 184 cm³/mol. The van der Waals surface area contributed by atoms with E-state index in [0.717, 1.165) is 0 Å². The van der Waals surface area contributed by atoms with Crippen molar-refractivity contribution in [2.24, 2.45) is 0 Å². The number of halogens is 2. The van der Waals surface area contributed by atoms with Crippen molar-refractivity contribution in [3.63, 3.8) is 0 Å². The van der Waals surface area contributed by atoms with E-state index in [1.54, 1.807) is 53.7 Å². The van der Waals surface area contributed by atoms with Crippen LogP contribution in [0, 0.1) is 11.6 Å². The minimum atomic E-state index is -0.390. The summed E-state index contributed by atoms with van der Waals surface area (Å²) in [5.74, 6) is 3.31. The lowest BCUT2D eigenvalue weighted by Gasteiger charge is -2.31. The third-order valence-corrected chi connectivity index (χ3v) is 7.32. The van der Waals surface area contributed by atoms with Crippen LogP contribution in [0.25, 0.3) is 22.8 Å². The van der Waals surface area contributed by atoms with Crippen molar-refractivity contribution in [2.45, 2.75) is 0 Å². The van der Waals surface area contributed by atoms with Crippen LogP contribution in [0.2, 0.25) is 0 Å². The van der Waals surface area contributed by atoms with Crippen molar-refractivity contribution in [1.82, 2.24) is 24.9 Å². The topological polar surface area (TPSA) is 134 Å². The van der Waals surface area contributed by atoms with Gasteiger partial charge in [0, 0.05) is 57.4 Å². The fraction of sp³-hybridized carbons (Fsp3) is 0.235. The summed E-state index contributed by atoms with van der Waals surface area (Å²) in [6.07, 6.45) is 3.19. The summed E-state index contributed by atoms with van der Waals surface area (Å²) in [5.41, 5.74) is 1.77. The van der Waals surface area contributed by atoms with Crippen molar-refractivity contribution in [3.05, 3.63) is 84.7 Å². The van der Waals surface area contributed by atoms with Crippen LogP contribution in [-0.2, 0) is 0 Å². The molecule has 13 nitrogen and oxygen atoms in total. The number of benzene rings is 2. The fourth-order valence-corrected chi connectivity index (χ4v) is 5.04. The summed E-state index contributed by atoms with van der Waals surface area (Å²) in [6.45, 7) is 1.90. The molecule has 252 valence electrons. The number of hydrogen-bond donors (Lipinski definition) is 2. The molecule has 3 aromatic heterocycles. The Morgan fingerprint density at radius 2 is 1.39 bits per heavy atom. The third kappa shape index (κ3) is 7.40. The van der Waals surface area contributed by atoms with E-state index < -0.39 is 5.82 Å². The normalized spacial score (nSPS) is 12.9. The number of anilines is 5. The zero-order valence-corrected chi connectivity index (χ0v) is 27.3. The largest absolute Gasteiger partial charge is 0.485 e. The van der Waals surface area contributed by atoms with Crippen LogP contribution in [0.4, 0.5) is 42.5 Å². The van der Waals surface area contributed by atoms with Gasteiger partial charge in [0.2, 0.25) is 11.5 Å². The Morgan fingerprint density at radius 1 is 0.796 bits per heavy atom. The highest BCUT2D eigenvalue weighted by molar-refractivity contribution is 6.03. The quantitative estimate of drug-likeness (QED) is 0.252. The van der Waals surface area contributed by atoms with Gasteiger partial charge in [0.05, 0.1) is 13.1 Å². The number of carbonyl (C=O) groups is 1. The van der Waals surface area contributed by atoms with Crippen molar-refractivity contribution in [2.75, 3.05) is 79.8 Å². The second kappa shape index (κ2) is 14.3. The van der Waals surface area contributed by atoms with Gasteiger partial charge in [-0.3, -0.25) is 9.88 Å². The summed E-state index contributed by atoms with van der Waals surface area (Å²) < 4.78 is 38.5. The zero-order chi connectivity index (χ0) is 34.5. The standard InChI is InChI=1S/C20H19FN6O2.C14H15FN4O/c1-26(2)18-16-19(25-17(24-18)13-4-3-5-14(21)12-13)27(10-11-29-16)20(28)23-15-6-8-22-9-7-15;1-19(2)14-11-13(16-6-7-20-11)17-12(18-14)9-4-3-5-10(15)8-9/h3-9,12H,10-11H2,1-2H3,(H,22,23,28);3-5,8H,6-7H2,1-2H3,(H,16,17,18). The lowest BCUT2D eigenvalue weighted by Crippen LogP contribution is -2.42. The number of nitrogens with zero attached hydrogens (tertiary/aromatic N) is 8. The van der Waals surface area contributed by atoms with E-state index in [1.165, 1.54) is 29.2 Å². The van der Waals surface area contributed by atoms with E-state index in [1.807, 2.05) is 33.1 Å². The number of nitrogens with one attached hydrogen (secondary N) is 2. The number of carbonyl (C=O) groups excluding carboxylic acids is 1. The minimum absolute atomic E-state index is 0.305. The minimum Gasteiger partial charge on any atom is -0.485 e. The van der Waals surface area contributed by atoms with E-state index in [2.05, 4.69) is 35.6 Å². The third-order valence-electron chi connectivity index (χ3n) is 7.32. The summed E-state index contributed by atoms with van der Waals surface area (Å²) in [4.78, 5) is 40.0. The number of hydrogen-bond acceptors (Lipinski definition) is 11. The van der Waals surface area contributed by atoms with Crippen LogP contribution in [-0.4, -0.2) is 85.4 Å². The summed E-state index contributed by atoms with van der Waals surface area (Å²) in [7, 11) is 7.40. The number of aromatic nitrogens is 5. The van der Waals surface area contributed by atoms with E-state index in [-0.39, 0.29) is 11.8 Å². The molecular weight excluding hydrogens is 634 g/mol. The zero-order valence-electron chi connectivity index (χ0n) is 27.3. The highest BCUT2D eigenvalue weighted by Gasteiger charge is 2.30. The molecule has 5 heterocycles. The fourth-order valence-electron chi connectivity index (χ4n) is 5.04. The molecule has 0 bridgehead atoms. The van der Waals surface area contributed by atoms with Crippen molar-refractivity contribution < 1.29 is 23.0 Å². The monoisotopic (exact) mass is 668 g/mol. The molecule has 0 fully saturated rings. The van der Waals surface area contributed by atoms with Gasteiger partial charge in [-0.25, -0.2) is 33.5 Å². The van der Waals surface area contributed by atoms with Gasteiger partial charge in [-0.2, -0.15) is 0 Å². The Kier molecular flexibility index (Phi) is 9.60. The van der Waals surface area contributed by atoms with E-state index in [4.69, 9.17) is 9.47 Å². The van der Waals surface area contributed by atoms with Crippen LogP contribution < -0.4 is 34.8 Å². The average molecular weight is 669 g/mol.